The van der Waals surface area contributed by atoms with E-state index < -0.39 is 5.91 Å². The highest BCUT2D eigenvalue weighted by Crippen LogP contribution is 2.34. The van der Waals surface area contributed by atoms with Crippen LogP contribution in [-0.4, -0.2) is 35.3 Å². The molecule has 3 aromatic carbocycles. The van der Waals surface area contributed by atoms with Gasteiger partial charge >= 0.3 is 0 Å². The van der Waals surface area contributed by atoms with Crippen molar-refractivity contribution in [1.29, 1.82) is 0 Å². The lowest BCUT2D eigenvalue weighted by Crippen LogP contribution is -2.34. The van der Waals surface area contributed by atoms with Crippen LogP contribution in [0, 0.1) is 13.8 Å². The Labute approximate surface area is 201 Å². The molecule has 0 saturated carbocycles. The summed E-state index contributed by atoms with van der Waals surface area (Å²) < 4.78 is 16.3. The zero-order chi connectivity index (χ0) is 24.4. The van der Waals surface area contributed by atoms with Crippen LogP contribution in [0.5, 0.6) is 17.2 Å². The number of carbonyl (C=O) groups is 1. The molecule has 0 unspecified atom stereocenters. The summed E-state index contributed by atoms with van der Waals surface area (Å²) in [5, 5.41) is 16.0. The highest BCUT2D eigenvalue weighted by atomic mass is 32.1. The Hall–Kier alpha value is -4.11. The van der Waals surface area contributed by atoms with Crippen molar-refractivity contribution < 1.29 is 23.8 Å². The number of amides is 1. The summed E-state index contributed by atoms with van der Waals surface area (Å²) in [4.78, 5) is 17.1. The van der Waals surface area contributed by atoms with Crippen molar-refractivity contribution in [3.63, 3.8) is 0 Å². The molecule has 0 atom stereocenters. The van der Waals surface area contributed by atoms with E-state index in [1.807, 2.05) is 26.0 Å². The number of aryl methyl sites for hydroxylation is 2. The van der Waals surface area contributed by atoms with Gasteiger partial charge in [0.15, 0.2) is 22.2 Å². The molecule has 9 heteroatoms. The molecular formula is C25H23N3O5S. The number of anilines is 1. The first kappa shape index (κ1) is 23.1. The average Bonchev–Trinajstić information content (AvgIpc) is 3.22. The Morgan fingerprint density at radius 2 is 1.74 bits per heavy atom. The number of ether oxygens (including phenoxy) is 2. The molecule has 34 heavy (non-hydrogen) atoms. The van der Waals surface area contributed by atoms with Crippen molar-refractivity contribution in [3.8, 4) is 28.7 Å². The molecular weight excluding hydrogens is 454 g/mol. The van der Waals surface area contributed by atoms with E-state index >= 15 is 0 Å². The summed E-state index contributed by atoms with van der Waals surface area (Å²) >= 11 is 5.30. The number of aromatic hydroxyl groups is 1. The maximum absolute atomic E-state index is 12.6. The van der Waals surface area contributed by atoms with Crippen molar-refractivity contribution in [2.24, 2.45) is 0 Å². The van der Waals surface area contributed by atoms with E-state index in [9.17, 15) is 9.90 Å². The number of phenols is 1. The summed E-state index contributed by atoms with van der Waals surface area (Å²) in [5.74, 6) is 0.816. The monoisotopic (exact) mass is 477 g/mol. The first-order valence-electron chi connectivity index (χ1n) is 10.3. The quantitative estimate of drug-likeness (QED) is 0.274. The molecule has 1 heterocycles. The summed E-state index contributed by atoms with van der Waals surface area (Å²) in [7, 11) is 3.01. The predicted molar refractivity (Wildman–Crippen MR) is 134 cm³/mol. The van der Waals surface area contributed by atoms with Crippen LogP contribution in [-0.2, 0) is 0 Å². The summed E-state index contributed by atoms with van der Waals surface area (Å²) in [6.07, 6.45) is 0. The van der Waals surface area contributed by atoms with E-state index in [4.69, 9.17) is 26.1 Å². The molecule has 0 aliphatic rings. The summed E-state index contributed by atoms with van der Waals surface area (Å²) in [6, 6.07) is 13.4. The van der Waals surface area contributed by atoms with E-state index in [0.717, 1.165) is 11.1 Å². The molecule has 0 fully saturated rings. The molecule has 3 N–H and O–H groups in total. The molecule has 0 radical (unpaired) electrons. The Bertz CT molecular complexity index is 1370. The Morgan fingerprint density at radius 1 is 1.00 bits per heavy atom. The number of rotatable bonds is 5. The Morgan fingerprint density at radius 3 is 2.47 bits per heavy atom. The number of fused-ring (bicyclic) bond motifs is 1. The highest BCUT2D eigenvalue weighted by Gasteiger charge is 2.16. The molecule has 4 aromatic rings. The van der Waals surface area contributed by atoms with Crippen molar-refractivity contribution >= 4 is 40.0 Å². The van der Waals surface area contributed by atoms with Gasteiger partial charge in [-0.05, 0) is 85.7 Å². The second-order valence-electron chi connectivity index (χ2n) is 7.63. The third-order valence-corrected chi connectivity index (χ3v) is 5.57. The van der Waals surface area contributed by atoms with Crippen LogP contribution < -0.4 is 20.1 Å². The first-order chi connectivity index (χ1) is 16.3. The van der Waals surface area contributed by atoms with Gasteiger partial charge < -0.3 is 24.3 Å². The second kappa shape index (κ2) is 9.40. The summed E-state index contributed by atoms with van der Waals surface area (Å²) in [5.41, 5.74) is 4.81. The van der Waals surface area contributed by atoms with Gasteiger partial charge in [0, 0.05) is 11.3 Å². The third-order valence-electron chi connectivity index (χ3n) is 5.36. The van der Waals surface area contributed by atoms with Crippen LogP contribution in [0.2, 0.25) is 0 Å². The maximum atomic E-state index is 12.6. The minimum absolute atomic E-state index is 0.00540. The van der Waals surface area contributed by atoms with Gasteiger partial charge in [0.25, 0.3) is 5.91 Å². The molecule has 174 valence electrons. The fraction of sp³-hybridized carbons (Fsp3) is 0.160. The first-order valence-corrected chi connectivity index (χ1v) is 10.8. The fourth-order valence-electron chi connectivity index (χ4n) is 3.40. The normalized spacial score (nSPS) is 10.7. The van der Waals surface area contributed by atoms with Crippen molar-refractivity contribution in [3.05, 3.63) is 65.2 Å². The molecule has 0 aliphatic carbocycles. The molecule has 8 nitrogen and oxygen atoms in total. The number of methoxy groups -OCH3 is 2. The minimum Gasteiger partial charge on any atom is -0.507 e. The van der Waals surface area contributed by atoms with Gasteiger partial charge in [0.1, 0.15) is 11.3 Å². The topological polar surface area (TPSA) is 106 Å². The average molecular weight is 478 g/mol. The lowest BCUT2D eigenvalue weighted by Gasteiger charge is -2.12. The molecule has 4 rings (SSSR count). The van der Waals surface area contributed by atoms with E-state index in [1.165, 1.54) is 20.3 Å². The van der Waals surface area contributed by atoms with E-state index in [0.29, 0.717) is 39.4 Å². The minimum atomic E-state index is -0.415. The fourth-order valence-corrected chi connectivity index (χ4v) is 3.61. The zero-order valence-electron chi connectivity index (χ0n) is 19.1. The van der Waals surface area contributed by atoms with E-state index in [-0.39, 0.29) is 16.8 Å². The van der Waals surface area contributed by atoms with Crippen LogP contribution in [0.1, 0.15) is 21.5 Å². The van der Waals surface area contributed by atoms with Gasteiger partial charge in [-0.1, -0.05) is 0 Å². The van der Waals surface area contributed by atoms with Crippen LogP contribution >= 0.6 is 12.2 Å². The van der Waals surface area contributed by atoms with Gasteiger partial charge in [-0.2, -0.15) is 0 Å². The number of carbonyl (C=O) groups excluding carboxylic acids is 1. The van der Waals surface area contributed by atoms with Crippen LogP contribution in [0.3, 0.4) is 0 Å². The molecule has 1 amide bonds. The Balaban J connectivity index is 1.52. The van der Waals surface area contributed by atoms with Crippen molar-refractivity contribution in [2.45, 2.75) is 13.8 Å². The molecule has 1 aromatic heterocycles. The summed E-state index contributed by atoms with van der Waals surface area (Å²) in [6.45, 7) is 4.00. The number of aromatic nitrogens is 1. The zero-order valence-corrected chi connectivity index (χ0v) is 19.9. The SMILES string of the molecule is COc1ccc(C(=O)NC(=S)Nc2ccc(O)c(-c3nc4cc(C)c(C)cc4o3)c2)cc1OC. The third kappa shape index (κ3) is 4.65. The number of nitrogens with zero attached hydrogens (tertiary/aromatic N) is 1. The number of nitrogens with one attached hydrogen (secondary N) is 2. The van der Waals surface area contributed by atoms with E-state index in [2.05, 4.69) is 15.6 Å². The number of oxazole rings is 1. The predicted octanol–water partition coefficient (Wildman–Crippen LogP) is 4.96. The number of hydrogen-bond donors (Lipinski definition) is 3. The van der Waals surface area contributed by atoms with Crippen LogP contribution in [0.25, 0.3) is 22.6 Å². The molecule has 0 saturated heterocycles. The van der Waals surface area contributed by atoms with Gasteiger partial charge in [0.05, 0.1) is 19.8 Å². The largest absolute Gasteiger partial charge is 0.507 e. The Kier molecular flexibility index (Phi) is 6.38. The van der Waals surface area contributed by atoms with Gasteiger partial charge in [0.2, 0.25) is 5.89 Å². The standard InChI is InChI=1S/C25H23N3O5S/c1-13-9-18-21(10-14(13)2)33-24(27-18)17-12-16(6-7-19(17)29)26-25(34)28-23(30)15-5-8-20(31-3)22(11-15)32-4/h5-12,29H,1-4H3,(H2,26,28,30,34). The smallest absolute Gasteiger partial charge is 0.257 e. The number of benzene rings is 3. The lowest BCUT2D eigenvalue weighted by atomic mass is 10.1. The van der Waals surface area contributed by atoms with Gasteiger partial charge in [-0.3, -0.25) is 10.1 Å². The second-order valence-corrected chi connectivity index (χ2v) is 8.04. The molecule has 0 spiro atoms. The van der Waals surface area contributed by atoms with Gasteiger partial charge in [-0.15, -0.1) is 0 Å². The number of thiocarbonyl (C=S) groups is 1. The van der Waals surface area contributed by atoms with Crippen molar-refractivity contribution in [2.75, 3.05) is 19.5 Å². The molecule has 0 bridgehead atoms. The number of hydrogen-bond acceptors (Lipinski definition) is 7. The molecule has 0 aliphatic heterocycles. The van der Waals surface area contributed by atoms with Crippen molar-refractivity contribution in [1.82, 2.24) is 10.3 Å². The van der Waals surface area contributed by atoms with E-state index in [1.54, 1.807) is 30.3 Å². The highest BCUT2D eigenvalue weighted by molar-refractivity contribution is 7.80. The maximum Gasteiger partial charge on any atom is 0.257 e. The van der Waals surface area contributed by atoms with Crippen LogP contribution in [0.15, 0.2) is 52.9 Å². The van der Waals surface area contributed by atoms with Crippen LogP contribution in [0.4, 0.5) is 5.69 Å². The van der Waals surface area contributed by atoms with Gasteiger partial charge in [-0.25, -0.2) is 4.98 Å². The lowest BCUT2D eigenvalue weighted by molar-refractivity contribution is 0.0977. The number of phenolic OH excluding ortho intramolecular Hbond substituents is 1.